The van der Waals surface area contributed by atoms with Crippen LogP contribution < -0.4 is 0 Å². The second-order valence-electron chi connectivity index (χ2n) is 6.67. The number of nitrogens with zero attached hydrogens (tertiary/aromatic N) is 1. The number of aryl methyl sites for hydroxylation is 1. The molecule has 0 aliphatic heterocycles. The zero-order valence-corrected chi connectivity index (χ0v) is 18.1. The van der Waals surface area contributed by atoms with Crippen molar-refractivity contribution in [2.24, 2.45) is 0 Å². The maximum absolute atomic E-state index is 13.3. The van der Waals surface area contributed by atoms with E-state index in [4.69, 9.17) is 0 Å². The lowest BCUT2D eigenvalue weighted by atomic mass is 10.0. The van der Waals surface area contributed by atoms with Gasteiger partial charge in [-0.05, 0) is 36.2 Å². The number of aromatic nitrogens is 1. The monoisotopic (exact) mass is 467 g/mol. The summed E-state index contributed by atoms with van der Waals surface area (Å²) >= 11 is 3.49. The van der Waals surface area contributed by atoms with Crippen molar-refractivity contribution in [3.63, 3.8) is 0 Å². The van der Waals surface area contributed by atoms with Crippen molar-refractivity contribution in [1.29, 1.82) is 0 Å². The number of carbonyl (C=O) groups is 1. The molecule has 4 aromatic rings. The van der Waals surface area contributed by atoms with E-state index in [1.54, 1.807) is 60.7 Å². The molecule has 0 aliphatic rings. The van der Waals surface area contributed by atoms with Gasteiger partial charge in [0.25, 0.3) is 10.0 Å². The number of hydrogen-bond donors (Lipinski definition) is 0. The van der Waals surface area contributed by atoms with Gasteiger partial charge in [0, 0.05) is 21.6 Å². The maximum Gasteiger partial charge on any atom is 0.268 e. The summed E-state index contributed by atoms with van der Waals surface area (Å²) in [6, 6.07) is 20.9. The predicted octanol–water partition coefficient (Wildman–Crippen LogP) is 5.43. The van der Waals surface area contributed by atoms with Crippen molar-refractivity contribution in [2.45, 2.75) is 18.2 Å². The van der Waals surface area contributed by atoms with E-state index in [1.165, 1.54) is 10.2 Å². The molecule has 29 heavy (non-hydrogen) atoms. The van der Waals surface area contributed by atoms with Crippen LogP contribution in [0.15, 0.2) is 88.4 Å². The molecule has 0 fully saturated rings. The van der Waals surface area contributed by atoms with E-state index in [1.807, 2.05) is 12.1 Å². The van der Waals surface area contributed by atoms with Gasteiger partial charge in [-0.15, -0.1) is 0 Å². The highest BCUT2D eigenvalue weighted by Crippen LogP contribution is 2.33. The van der Waals surface area contributed by atoms with Crippen LogP contribution in [0.5, 0.6) is 0 Å². The van der Waals surface area contributed by atoms with Crippen LogP contribution in [0.25, 0.3) is 10.9 Å². The molecule has 0 amide bonds. The molecule has 0 radical (unpaired) electrons. The van der Waals surface area contributed by atoms with E-state index in [0.29, 0.717) is 26.5 Å². The van der Waals surface area contributed by atoms with Gasteiger partial charge >= 0.3 is 0 Å². The van der Waals surface area contributed by atoms with Crippen molar-refractivity contribution in [1.82, 2.24) is 3.97 Å². The Hall–Kier alpha value is -2.70. The lowest BCUT2D eigenvalue weighted by molar-refractivity contribution is 0.104. The average molecular weight is 468 g/mol. The molecule has 0 saturated heterocycles. The van der Waals surface area contributed by atoms with Crippen LogP contribution in [-0.4, -0.2) is 18.2 Å². The summed E-state index contributed by atoms with van der Waals surface area (Å²) in [5.41, 5.74) is 2.46. The van der Waals surface area contributed by atoms with Crippen LogP contribution in [-0.2, 0) is 16.4 Å². The SMILES string of the molecule is CCc1ccc(C(=O)c2cn(S(=O)(=O)c3ccccc3)c3cccc(Br)c23)cc1. The number of benzene rings is 3. The molecule has 146 valence electrons. The second-order valence-corrected chi connectivity index (χ2v) is 9.34. The highest BCUT2D eigenvalue weighted by molar-refractivity contribution is 9.10. The van der Waals surface area contributed by atoms with Gasteiger partial charge in [0.2, 0.25) is 0 Å². The van der Waals surface area contributed by atoms with Gasteiger partial charge in [-0.2, -0.15) is 0 Å². The first-order valence-corrected chi connectivity index (χ1v) is 11.4. The van der Waals surface area contributed by atoms with Gasteiger partial charge in [-0.3, -0.25) is 4.79 Å². The Labute approximate surface area is 178 Å². The first-order chi connectivity index (χ1) is 13.9. The molecular formula is C23H18BrNO3S. The molecule has 0 atom stereocenters. The predicted molar refractivity (Wildman–Crippen MR) is 118 cm³/mol. The first-order valence-electron chi connectivity index (χ1n) is 9.17. The summed E-state index contributed by atoms with van der Waals surface area (Å²) < 4.78 is 28.4. The molecule has 3 aromatic carbocycles. The first kappa shape index (κ1) is 19.6. The molecule has 0 unspecified atom stereocenters. The van der Waals surface area contributed by atoms with E-state index in [0.717, 1.165) is 12.0 Å². The number of ketones is 1. The highest BCUT2D eigenvalue weighted by atomic mass is 79.9. The van der Waals surface area contributed by atoms with Gasteiger partial charge in [-0.25, -0.2) is 12.4 Å². The number of carbonyl (C=O) groups excluding carboxylic acids is 1. The molecule has 0 saturated carbocycles. The fourth-order valence-corrected chi connectivity index (χ4v) is 5.29. The number of hydrogen-bond acceptors (Lipinski definition) is 3. The van der Waals surface area contributed by atoms with Crippen molar-refractivity contribution < 1.29 is 13.2 Å². The van der Waals surface area contributed by atoms with Crippen LogP contribution in [0.3, 0.4) is 0 Å². The smallest absolute Gasteiger partial charge is 0.268 e. The van der Waals surface area contributed by atoms with E-state index in [-0.39, 0.29) is 10.7 Å². The van der Waals surface area contributed by atoms with E-state index >= 15 is 0 Å². The molecular weight excluding hydrogens is 450 g/mol. The lowest BCUT2D eigenvalue weighted by Crippen LogP contribution is -2.12. The topological polar surface area (TPSA) is 56.1 Å². The lowest BCUT2D eigenvalue weighted by Gasteiger charge is -2.07. The molecule has 0 aliphatic carbocycles. The Balaban J connectivity index is 1.93. The fourth-order valence-electron chi connectivity index (χ4n) is 3.34. The van der Waals surface area contributed by atoms with Crippen LogP contribution in [0, 0.1) is 0 Å². The zero-order valence-electron chi connectivity index (χ0n) is 15.7. The van der Waals surface area contributed by atoms with E-state index < -0.39 is 10.0 Å². The Kier molecular flexibility index (Phi) is 5.15. The Bertz CT molecular complexity index is 1310. The number of halogens is 1. The third kappa shape index (κ3) is 3.43. The largest absolute Gasteiger partial charge is 0.289 e. The number of rotatable bonds is 5. The highest BCUT2D eigenvalue weighted by Gasteiger charge is 2.25. The fraction of sp³-hybridized carbons (Fsp3) is 0.0870. The van der Waals surface area contributed by atoms with Gasteiger partial charge in [-0.1, -0.05) is 71.4 Å². The van der Waals surface area contributed by atoms with Crippen molar-refractivity contribution >= 4 is 42.6 Å². The molecule has 1 aromatic heterocycles. The van der Waals surface area contributed by atoms with E-state index in [9.17, 15) is 13.2 Å². The molecule has 0 bridgehead atoms. The van der Waals surface area contributed by atoms with E-state index in [2.05, 4.69) is 22.9 Å². The minimum atomic E-state index is -3.84. The number of fused-ring (bicyclic) bond motifs is 1. The Morgan fingerprint density at radius 3 is 2.28 bits per heavy atom. The Morgan fingerprint density at radius 2 is 1.62 bits per heavy atom. The van der Waals surface area contributed by atoms with Gasteiger partial charge in [0.15, 0.2) is 5.78 Å². The summed E-state index contributed by atoms with van der Waals surface area (Å²) in [6.45, 7) is 2.05. The average Bonchev–Trinajstić information content (AvgIpc) is 3.16. The maximum atomic E-state index is 13.3. The van der Waals surface area contributed by atoms with Crippen LogP contribution >= 0.6 is 15.9 Å². The van der Waals surface area contributed by atoms with Crippen LogP contribution in [0.4, 0.5) is 0 Å². The molecule has 4 rings (SSSR count). The minimum absolute atomic E-state index is 0.170. The standard InChI is InChI=1S/C23H18BrNO3S/c1-2-16-11-13-17(14-12-16)23(26)19-15-25(21-10-6-9-20(24)22(19)21)29(27,28)18-7-4-3-5-8-18/h3-15H,2H2,1H3. The molecule has 0 spiro atoms. The summed E-state index contributed by atoms with van der Waals surface area (Å²) in [5.74, 6) is -0.216. The zero-order chi connectivity index (χ0) is 20.6. The summed E-state index contributed by atoms with van der Waals surface area (Å²) in [4.78, 5) is 13.4. The third-order valence-corrected chi connectivity index (χ3v) is 7.26. The molecule has 1 heterocycles. The van der Waals surface area contributed by atoms with Gasteiger partial charge in [0.05, 0.1) is 16.0 Å². The van der Waals surface area contributed by atoms with Crippen LogP contribution in [0.2, 0.25) is 0 Å². The summed E-state index contributed by atoms with van der Waals surface area (Å²) in [6.07, 6.45) is 2.31. The quantitative estimate of drug-likeness (QED) is 0.367. The van der Waals surface area contributed by atoms with Crippen molar-refractivity contribution in [3.05, 3.63) is 100 Å². The minimum Gasteiger partial charge on any atom is -0.289 e. The second kappa shape index (κ2) is 7.61. The molecule has 4 nitrogen and oxygen atoms in total. The summed E-state index contributed by atoms with van der Waals surface area (Å²) in [7, 11) is -3.84. The van der Waals surface area contributed by atoms with Gasteiger partial charge < -0.3 is 0 Å². The van der Waals surface area contributed by atoms with Crippen LogP contribution in [0.1, 0.15) is 28.4 Å². The Morgan fingerprint density at radius 1 is 0.931 bits per heavy atom. The molecule has 0 N–H and O–H groups in total. The molecule has 6 heteroatoms. The summed E-state index contributed by atoms with van der Waals surface area (Å²) in [5, 5.41) is 0.580. The van der Waals surface area contributed by atoms with Gasteiger partial charge in [0.1, 0.15) is 0 Å². The normalized spacial score (nSPS) is 11.7. The van der Waals surface area contributed by atoms with Crippen molar-refractivity contribution in [3.8, 4) is 0 Å². The van der Waals surface area contributed by atoms with Crippen molar-refractivity contribution in [2.75, 3.05) is 0 Å². The third-order valence-electron chi connectivity index (χ3n) is 4.91.